The SMILES string of the molecule is Cc1nc(CN2CCN(c3cc(N4CCCCC4)ncn3)CC2)n[nH]1. The van der Waals surface area contributed by atoms with Gasteiger partial charge in [-0.25, -0.2) is 15.0 Å². The number of aryl methyl sites for hydroxylation is 1. The zero-order valence-electron chi connectivity index (χ0n) is 14.9. The van der Waals surface area contributed by atoms with Crippen molar-refractivity contribution >= 4 is 11.6 Å². The van der Waals surface area contributed by atoms with E-state index in [2.05, 4.69) is 45.9 Å². The Balaban J connectivity index is 1.35. The van der Waals surface area contributed by atoms with Crippen molar-refractivity contribution in [3.63, 3.8) is 0 Å². The molecule has 4 rings (SSSR count). The van der Waals surface area contributed by atoms with E-state index in [1.165, 1.54) is 19.3 Å². The van der Waals surface area contributed by atoms with Crippen LogP contribution in [0.1, 0.15) is 30.9 Å². The maximum absolute atomic E-state index is 4.51. The quantitative estimate of drug-likeness (QED) is 0.895. The van der Waals surface area contributed by atoms with Gasteiger partial charge in [0.25, 0.3) is 0 Å². The number of piperazine rings is 1. The average molecular weight is 342 g/mol. The van der Waals surface area contributed by atoms with Gasteiger partial charge < -0.3 is 9.80 Å². The van der Waals surface area contributed by atoms with Gasteiger partial charge in [0.05, 0.1) is 6.54 Å². The monoisotopic (exact) mass is 342 g/mol. The van der Waals surface area contributed by atoms with Gasteiger partial charge in [0, 0.05) is 45.3 Å². The van der Waals surface area contributed by atoms with Crippen molar-refractivity contribution in [3.05, 3.63) is 24.0 Å². The third kappa shape index (κ3) is 3.89. The van der Waals surface area contributed by atoms with Crippen LogP contribution in [-0.4, -0.2) is 69.3 Å². The Morgan fingerprint density at radius 3 is 2.24 bits per heavy atom. The van der Waals surface area contributed by atoms with Crippen LogP contribution < -0.4 is 9.80 Å². The van der Waals surface area contributed by atoms with E-state index >= 15 is 0 Å². The number of aromatic amines is 1. The van der Waals surface area contributed by atoms with E-state index in [4.69, 9.17) is 0 Å². The van der Waals surface area contributed by atoms with E-state index in [0.717, 1.165) is 69.1 Å². The highest BCUT2D eigenvalue weighted by atomic mass is 15.3. The molecule has 25 heavy (non-hydrogen) atoms. The zero-order chi connectivity index (χ0) is 17.1. The van der Waals surface area contributed by atoms with Crippen LogP contribution in [0.25, 0.3) is 0 Å². The van der Waals surface area contributed by atoms with E-state index < -0.39 is 0 Å². The molecule has 2 aromatic heterocycles. The predicted molar refractivity (Wildman–Crippen MR) is 96.7 cm³/mol. The molecule has 8 nitrogen and oxygen atoms in total. The molecule has 0 spiro atoms. The molecular formula is C17H26N8. The van der Waals surface area contributed by atoms with Gasteiger partial charge in [-0.1, -0.05) is 0 Å². The largest absolute Gasteiger partial charge is 0.356 e. The van der Waals surface area contributed by atoms with Crippen LogP contribution in [-0.2, 0) is 6.54 Å². The van der Waals surface area contributed by atoms with Crippen LogP contribution in [0.2, 0.25) is 0 Å². The lowest BCUT2D eigenvalue weighted by molar-refractivity contribution is 0.243. The van der Waals surface area contributed by atoms with Crippen molar-refractivity contribution in [2.45, 2.75) is 32.7 Å². The van der Waals surface area contributed by atoms with Crippen molar-refractivity contribution in [2.24, 2.45) is 0 Å². The Hall–Kier alpha value is -2.22. The molecule has 2 aliphatic heterocycles. The summed E-state index contributed by atoms with van der Waals surface area (Å²) in [6.07, 6.45) is 5.57. The number of hydrogen-bond acceptors (Lipinski definition) is 7. The van der Waals surface area contributed by atoms with Crippen molar-refractivity contribution in [1.29, 1.82) is 0 Å². The Bertz CT molecular complexity index is 685. The van der Waals surface area contributed by atoms with Crippen molar-refractivity contribution in [1.82, 2.24) is 30.0 Å². The third-order valence-corrected chi connectivity index (χ3v) is 5.02. The normalized spacial score (nSPS) is 19.4. The molecule has 0 amide bonds. The van der Waals surface area contributed by atoms with Gasteiger partial charge in [-0.2, -0.15) is 5.10 Å². The van der Waals surface area contributed by atoms with Crippen molar-refractivity contribution < 1.29 is 0 Å². The lowest BCUT2D eigenvalue weighted by atomic mass is 10.1. The first kappa shape index (κ1) is 16.3. The number of piperidine rings is 1. The first-order valence-electron chi connectivity index (χ1n) is 9.20. The van der Waals surface area contributed by atoms with E-state index in [-0.39, 0.29) is 0 Å². The molecule has 0 saturated carbocycles. The van der Waals surface area contributed by atoms with E-state index in [1.54, 1.807) is 6.33 Å². The summed E-state index contributed by atoms with van der Waals surface area (Å²) in [6.45, 7) is 8.90. The first-order valence-corrected chi connectivity index (χ1v) is 9.20. The first-order chi connectivity index (χ1) is 12.3. The van der Waals surface area contributed by atoms with Crippen LogP contribution in [0.4, 0.5) is 11.6 Å². The number of nitrogens with zero attached hydrogens (tertiary/aromatic N) is 7. The highest BCUT2D eigenvalue weighted by Gasteiger charge is 2.20. The molecule has 134 valence electrons. The minimum atomic E-state index is 0.807. The summed E-state index contributed by atoms with van der Waals surface area (Å²) in [6, 6.07) is 2.15. The number of hydrogen-bond donors (Lipinski definition) is 1. The summed E-state index contributed by atoms with van der Waals surface area (Å²) in [7, 11) is 0. The van der Waals surface area contributed by atoms with Gasteiger partial charge in [-0.15, -0.1) is 0 Å². The minimum absolute atomic E-state index is 0.807. The fraction of sp³-hybridized carbons (Fsp3) is 0.647. The van der Waals surface area contributed by atoms with Gasteiger partial charge in [0.2, 0.25) is 0 Å². The van der Waals surface area contributed by atoms with Crippen molar-refractivity contribution in [3.8, 4) is 0 Å². The molecule has 2 saturated heterocycles. The second-order valence-corrected chi connectivity index (χ2v) is 6.88. The van der Waals surface area contributed by atoms with Crippen LogP contribution in [0.15, 0.2) is 12.4 Å². The average Bonchev–Trinajstić information content (AvgIpc) is 3.08. The third-order valence-electron chi connectivity index (χ3n) is 5.02. The van der Waals surface area contributed by atoms with Gasteiger partial charge in [-0.05, 0) is 26.2 Å². The highest BCUT2D eigenvalue weighted by Crippen LogP contribution is 2.22. The van der Waals surface area contributed by atoms with Crippen LogP contribution in [0.3, 0.4) is 0 Å². The summed E-state index contributed by atoms with van der Waals surface area (Å²) in [4.78, 5) is 20.5. The van der Waals surface area contributed by atoms with Gasteiger partial charge in [-0.3, -0.25) is 10.00 Å². The Morgan fingerprint density at radius 2 is 1.60 bits per heavy atom. The van der Waals surface area contributed by atoms with Crippen LogP contribution >= 0.6 is 0 Å². The summed E-state index contributed by atoms with van der Waals surface area (Å²) in [5, 5.41) is 7.14. The topological polar surface area (TPSA) is 77.1 Å². The molecular weight excluding hydrogens is 316 g/mol. The molecule has 8 heteroatoms. The van der Waals surface area contributed by atoms with Gasteiger partial charge in [0.15, 0.2) is 5.82 Å². The van der Waals surface area contributed by atoms with Gasteiger partial charge >= 0.3 is 0 Å². The summed E-state index contributed by atoms with van der Waals surface area (Å²) >= 11 is 0. The molecule has 0 bridgehead atoms. The Morgan fingerprint density at radius 1 is 0.920 bits per heavy atom. The maximum atomic E-state index is 4.51. The summed E-state index contributed by atoms with van der Waals surface area (Å²) in [5.74, 6) is 3.87. The Labute approximate surface area is 148 Å². The highest BCUT2D eigenvalue weighted by molar-refractivity contribution is 5.50. The standard InChI is InChI=1S/C17H26N8/c1-14-20-15(22-21-14)12-23-7-9-25(10-8-23)17-11-16(18-13-19-17)24-5-3-2-4-6-24/h11,13H,2-10,12H2,1H3,(H,20,21,22). The predicted octanol–water partition coefficient (Wildman–Crippen LogP) is 1.22. The molecule has 2 fully saturated rings. The van der Waals surface area contributed by atoms with Crippen LogP contribution in [0, 0.1) is 6.92 Å². The Kier molecular flexibility index (Phi) is 4.78. The molecule has 0 aliphatic carbocycles. The molecule has 1 N–H and O–H groups in total. The van der Waals surface area contributed by atoms with E-state index in [9.17, 15) is 0 Å². The number of aromatic nitrogens is 5. The molecule has 0 unspecified atom stereocenters. The number of nitrogens with one attached hydrogen (secondary N) is 1. The fourth-order valence-electron chi connectivity index (χ4n) is 3.60. The fourth-order valence-corrected chi connectivity index (χ4v) is 3.60. The minimum Gasteiger partial charge on any atom is -0.356 e. The number of rotatable bonds is 4. The van der Waals surface area contributed by atoms with E-state index in [0.29, 0.717) is 0 Å². The number of H-pyrrole nitrogens is 1. The summed E-state index contributed by atoms with van der Waals surface area (Å²) in [5.41, 5.74) is 0. The molecule has 0 aromatic carbocycles. The smallest absolute Gasteiger partial charge is 0.164 e. The second-order valence-electron chi connectivity index (χ2n) is 6.88. The van der Waals surface area contributed by atoms with Crippen LogP contribution in [0.5, 0.6) is 0 Å². The summed E-state index contributed by atoms with van der Waals surface area (Å²) < 4.78 is 0. The van der Waals surface area contributed by atoms with Gasteiger partial charge in [0.1, 0.15) is 23.8 Å². The molecule has 2 aromatic rings. The lowest BCUT2D eigenvalue weighted by Crippen LogP contribution is -2.46. The molecule has 0 radical (unpaired) electrons. The molecule has 4 heterocycles. The maximum Gasteiger partial charge on any atom is 0.164 e. The molecule has 0 atom stereocenters. The van der Waals surface area contributed by atoms with Crippen molar-refractivity contribution in [2.75, 3.05) is 49.1 Å². The number of anilines is 2. The van der Waals surface area contributed by atoms with E-state index in [1.807, 2.05) is 6.92 Å². The zero-order valence-corrected chi connectivity index (χ0v) is 14.9. The molecule has 2 aliphatic rings. The second kappa shape index (κ2) is 7.35. The lowest BCUT2D eigenvalue weighted by Gasteiger charge is -2.35.